The van der Waals surface area contributed by atoms with Gasteiger partial charge >= 0.3 is 5.97 Å². The third-order valence-electron chi connectivity index (χ3n) is 5.77. The molecule has 1 atom stereocenters. The van der Waals surface area contributed by atoms with Crippen LogP contribution < -0.4 is 10.1 Å². The number of aromatic nitrogens is 1. The summed E-state index contributed by atoms with van der Waals surface area (Å²) >= 11 is 6.15. The van der Waals surface area contributed by atoms with Crippen LogP contribution in [0.4, 0.5) is 5.69 Å². The Bertz CT molecular complexity index is 1210. The van der Waals surface area contributed by atoms with Gasteiger partial charge in [0.15, 0.2) is 6.10 Å². The largest absolute Gasteiger partial charge is 0.495 e. The summed E-state index contributed by atoms with van der Waals surface area (Å²) in [6, 6.07) is 12.5. The number of nitrogens with one attached hydrogen (secondary N) is 1. The summed E-state index contributed by atoms with van der Waals surface area (Å²) in [5.41, 5.74) is 3.50. The van der Waals surface area contributed by atoms with Gasteiger partial charge < -0.3 is 19.7 Å². The molecule has 0 saturated heterocycles. The van der Waals surface area contributed by atoms with Gasteiger partial charge in [-0.2, -0.15) is 0 Å². The number of amides is 1. The lowest BCUT2D eigenvalue weighted by Crippen LogP contribution is -2.34. The van der Waals surface area contributed by atoms with E-state index in [0.717, 1.165) is 35.1 Å². The molecule has 1 aromatic heterocycles. The van der Waals surface area contributed by atoms with Gasteiger partial charge in [0.25, 0.3) is 5.91 Å². The minimum atomic E-state index is -0.956. The Balaban J connectivity index is 1.61. The van der Waals surface area contributed by atoms with Crippen molar-refractivity contribution < 1.29 is 19.1 Å². The first kappa shape index (κ1) is 23.0. The SMILES string of the molecule is CCC(OC(=O)c1c2c(nc3ccccc13)CCN(C)C2)C(=O)Nc1ccc(OC)c(Cl)c1. The zero-order chi connectivity index (χ0) is 23.5. The monoisotopic (exact) mass is 467 g/mol. The Hall–Kier alpha value is -3.16. The zero-order valence-corrected chi connectivity index (χ0v) is 19.6. The fourth-order valence-corrected chi connectivity index (χ4v) is 4.29. The van der Waals surface area contributed by atoms with Crippen molar-refractivity contribution in [3.63, 3.8) is 0 Å². The van der Waals surface area contributed by atoms with Gasteiger partial charge in [0.05, 0.1) is 23.2 Å². The molecule has 1 unspecified atom stereocenters. The summed E-state index contributed by atoms with van der Waals surface area (Å²) in [5.74, 6) is -0.432. The average molecular weight is 468 g/mol. The van der Waals surface area contributed by atoms with Crippen molar-refractivity contribution in [2.75, 3.05) is 26.0 Å². The number of ether oxygens (including phenoxy) is 2. The highest BCUT2D eigenvalue weighted by Gasteiger charge is 2.29. The number of halogens is 1. The molecule has 1 aliphatic heterocycles. The molecule has 1 amide bonds. The summed E-state index contributed by atoms with van der Waals surface area (Å²) < 4.78 is 10.9. The number of carbonyl (C=O) groups excluding carboxylic acids is 2. The van der Waals surface area contributed by atoms with E-state index in [1.54, 1.807) is 25.1 Å². The Labute approximate surface area is 197 Å². The van der Waals surface area contributed by atoms with Gasteiger partial charge in [0, 0.05) is 41.8 Å². The minimum Gasteiger partial charge on any atom is -0.495 e. The molecule has 2 heterocycles. The van der Waals surface area contributed by atoms with E-state index >= 15 is 0 Å². The Morgan fingerprint density at radius 2 is 2.03 bits per heavy atom. The lowest BCUT2D eigenvalue weighted by Gasteiger charge is -2.27. The molecule has 0 bridgehead atoms. The maximum absolute atomic E-state index is 13.4. The van der Waals surface area contributed by atoms with Crippen molar-refractivity contribution in [1.29, 1.82) is 0 Å². The fraction of sp³-hybridized carbons (Fsp3) is 0.320. The van der Waals surface area contributed by atoms with Crippen molar-refractivity contribution >= 4 is 40.1 Å². The number of pyridine rings is 1. The molecule has 1 N–H and O–H groups in total. The summed E-state index contributed by atoms with van der Waals surface area (Å²) in [6.45, 7) is 3.27. The van der Waals surface area contributed by atoms with Gasteiger partial charge in [-0.3, -0.25) is 9.78 Å². The second kappa shape index (κ2) is 9.77. The third kappa shape index (κ3) is 4.79. The quantitative estimate of drug-likeness (QED) is 0.539. The number of likely N-dealkylation sites (N-methyl/N-ethyl adjacent to an activating group) is 1. The van der Waals surface area contributed by atoms with E-state index in [9.17, 15) is 9.59 Å². The van der Waals surface area contributed by atoms with Crippen LogP contribution in [-0.2, 0) is 22.5 Å². The molecule has 0 spiro atoms. The molecule has 2 aromatic carbocycles. The van der Waals surface area contributed by atoms with Crippen LogP contribution in [0.1, 0.15) is 35.0 Å². The molecular weight excluding hydrogens is 442 g/mol. The molecule has 7 nitrogen and oxygen atoms in total. The molecular formula is C25H26ClN3O4. The molecule has 172 valence electrons. The number of hydrogen-bond donors (Lipinski definition) is 1. The zero-order valence-electron chi connectivity index (χ0n) is 18.9. The van der Waals surface area contributed by atoms with Crippen LogP contribution in [0.3, 0.4) is 0 Å². The second-order valence-electron chi connectivity index (χ2n) is 8.06. The number of methoxy groups -OCH3 is 1. The van der Waals surface area contributed by atoms with Crippen LogP contribution in [0.5, 0.6) is 5.75 Å². The van der Waals surface area contributed by atoms with Crippen molar-refractivity contribution in [3.05, 3.63) is 64.3 Å². The van der Waals surface area contributed by atoms with Crippen molar-refractivity contribution in [1.82, 2.24) is 9.88 Å². The van der Waals surface area contributed by atoms with E-state index in [2.05, 4.69) is 10.2 Å². The molecule has 0 fully saturated rings. The van der Waals surface area contributed by atoms with E-state index in [4.69, 9.17) is 26.1 Å². The van der Waals surface area contributed by atoms with Crippen LogP contribution in [0.15, 0.2) is 42.5 Å². The van der Waals surface area contributed by atoms with Gasteiger partial charge in [-0.15, -0.1) is 0 Å². The molecule has 4 rings (SSSR count). The van der Waals surface area contributed by atoms with Gasteiger partial charge in [0.1, 0.15) is 5.75 Å². The standard InChI is InChI=1S/C25H26ClN3O4/c1-4-21(24(30)27-15-9-10-22(32-3)18(26)13-15)33-25(31)23-16-7-5-6-8-19(16)28-20-11-12-29(2)14-17(20)23/h5-10,13,21H,4,11-12,14H2,1-3H3,(H,27,30). The van der Waals surface area contributed by atoms with Gasteiger partial charge in [0.2, 0.25) is 0 Å². The van der Waals surface area contributed by atoms with E-state index in [0.29, 0.717) is 35.0 Å². The first-order chi connectivity index (χ1) is 15.9. The highest BCUT2D eigenvalue weighted by molar-refractivity contribution is 6.32. The predicted molar refractivity (Wildman–Crippen MR) is 128 cm³/mol. The normalized spacial score (nSPS) is 14.4. The van der Waals surface area contributed by atoms with Gasteiger partial charge in [-0.05, 0) is 37.7 Å². The number of hydrogen-bond acceptors (Lipinski definition) is 6. The van der Waals surface area contributed by atoms with Crippen molar-refractivity contribution in [2.45, 2.75) is 32.4 Å². The van der Waals surface area contributed by atoms with Gasteiger partial charge in [-0.25, -0.2) is 4.79 Å². The molecule has 33 heavy (non-hydrogen) atoms. The van der Waals surface area contributed by atoms with Crippen LogP contribution in [-0.4, -0.2) is 48.6 Å². The van der Waals surface area contributed by atoms with Crippen molar-refractivity contribution in [2.24, 2.45) is 0 Å². The number of fused-ring (bicyclic) bond motifs is 2. The molecule has 3 aromatic rings. The summed E-state index contributed by atoms with van der Waals surface area (Å²) in [6.07, 6.45) is 0.127. The lowest BCUT2D eigenvalue weighted by atomic mass is 9.96. The first-order valence-electron chi connectivity index (χ1n) is 10.9. The Morgan fingerprint density at radius 3 is 2.76 bits per heavy atom. The number of esters is 1. The maximum Gasteiger partial charge on any atom is 0.340 e. The molecule has 0 aliphatic carbocycles. The average Bonchev–Trinajstić information content (AvgIpc) is 2.81. The first-order valence-corrected chi connectivity index (χ1v) is 11.2. The van der Waals surface area contributed by atoms with E-state index in [1.807, 2.05) is 31.3 Å². The van der Waals surface area contributed by atoms with E-state index in [-0.39, 0.29) is 0 Å². The number of benzene rings is 2. The maximum atomic E-state index is 13.4. The molecule has 8 heteroatoms. The molecule has 0 radical (unpaired) electrons. The smallest absolute Gasteiger partial charge is 0.340 e. The van der Waals surface area contributed by atoms with E-state index in [1.165, 1.54) is 7.11 Å². The second-order valence-corrected chi connectivity index (χ2v) is 8.46. The fourth-order valence-electron chi connectivity index (χ4n) is 4.04. The molecule has 0 saturated carbocycles. The van der Waals surface area contributed by atoms with Crippen LogP contribution in [0, 0.1) is 0 Å². The Kier molecular flexibility index (Phi) is 6.81. The number of para-hydroxylation sites is 1. The summed E-state index contributed by atoms with van der Waals surface area (Å²) in [5, 5.41) is 3.88. The summed E-state index contributed by atoms with van der Waals surface area (Å²) in [7, 11) is 3.53. The number of nitrogens with zero attached hydrogens (tertiary/aromatic N) is 2. The number of carbonyl (C=O) groups is 2. The highest BCUT2D eigenvalue weighted by atomic mass is 35.5. The van der Waals surface area contributed by atoms with Crippen LogP contribution >= 0.6 is 11.6 Å². The van der Waals surface area contributed by atoms with Gasteiger partial charge in [-0.1, -0.05) is 36.7 Å². The number of rotatable bonds is 6. The number of anilines is 1. The third-order valence-corrected chi connectivity index (χ3v) is 6.07. The summed E-state index contributed by atoms with van der Waals surface area (Å²) in [4.78, 5) is 33.2. The lowest BCUT2D eigenvalue weighted by molar-refractivity contribution is -0.124. The predicted octanol–water partition coefficient (Wildman–Crippen LogP) is 4.46. The van der Waals surface area contributed by atoms with Crippen molar-refractivity contribution in [3.8, 4) is 5.75 Å². The van der Waals surface area contributed by atoms with E-state index < -0.39 is 18.0 Å². The topological polar surface area (TPSA) is 80.8 Å². The van der Waals surface area contributed by atoms with Crippen LogP contribution in [0.25, 0.3) is 10.9 Å². The Morgan fingerprint density at radius 1 is 1.24 bits per heavy atom. The minimum absolute atomic E-state index is 0.326. The highest BCUT2D eigenvalue weighted by Crippen LogP contribution is 2.30. The molecule has 1 aliphatic rings. The van der Waals surface area contributed by atoms with Crippen LogP contribution in [0.2, 0.25) is 5.02 Å².